The summed E-state index contributed by atoms with van der Waals surface area (Å²) in [5, 5.41) is 3.87. The number of halogens is 1. The number of hydrogen-bond acceptors (Lipinski definition) is 4. The van der Waals surface area contributed by atoms with E-state index in [4.69, 9.17) is 16.3 Å². The SMILES string of the molecule is CN(CCOc1ccccc1Cl)CCC(=O)N1CCNCC1. The number of para-hydroxylation sites is 1. The van der Waals surface area contributed by atoms with Crippen LogP contribution < -0.4 is 10.1 Å². The molecule has 0 saturated carbocycles. The summed E-state index contributed by atoms with van der Waals surface area (Å²) in [6, 6.07) is 7.45. The van der Waals surface area contributed by atoms with E-state index in [9.17, 15) is 4.79 Å². The molecule has 1 aromatic rings. The Morgan fingerprint density at radius 3 is 2.77 bits per heavy atom. The molecule has 0 bridgehead atoms. The van der Waals surface area contributed by atoms with Crippen molar-refractivity contribution in [3.63, 3.8) is 0 Å². The van der Waals surface area contributed by atoms with Crippen molar-refractivity contribution in [1.29, 1.82) is 0 Å². The molecule has 0 spiro atoms. The van der Waals surface area contributed by atoms with Gasteiger partial charge in [-0.2, -0.15) is 0 Å². The van der Waals surface area contributed by atoms with Gasteiger partial charge < -0.3 is 19.9 Å². The van der Waals surface area contributed by atoms with Crippen LogP contribution in [-0.2, 0) is 4.79 Å². The van der Waals surface area contributed by atoms with Gasteiger partial charge in [0.25, 0.3) is 0 Å². The van der Waals surface area contributed by atoms with Gasteiger partial charge in [-0.15, -0.1) is 0 Å². The minimum absolute atomic E-state index is 0.236. The van der Waals surface area contributed by atoms with E-state index in [0.717, 1.165) is 39.3 Å². The van der Waals surface area contributed by atoms with Gasteiger partial charge in [-0.3, -0.25) is 4.79 Å². The fourth-order valence-electron chi connectivity index (χ4n) is 2.34. The summed E-state index contributed by atoms with van der Waals surface area (Å²) in [6.07, 6.45) is 0.558. The number of likely N-dealkylation sites (N-methyl/N-ethyl adjacent to an activating group) is 1. The Balaban J connectivity index is 1.62. The van der Waals surface area contributed by atoms with Crippen molar-refractivity contribution in [3.05, 3.63) is 29.3 Å². The number of benzene rings is 1. The van der Waals surface area contributed by atoms with Gasteiger partial charge in [-0.25, -0.2) is 0 Å². The lowest BCUT2D eigenvalue weighted by Gasteiger charge is -2.28. The average molecular weight is 326 g/mol. The van der Waals surface area contributed by atoms with Crippen LogP contribution in [0.2, 0.25) is 5.02 Å². The molecule has 1 N–H and O–H groups in total. The van der Waals surface area contributed by atoms with Gasteiger partial charge in [0.15, 0.2) is 0 Å². The van der Waals surface area contributed by atoms with E-state index in [2.05, 4.69) is 10.2 Å². The quantitative estimate of drug-likeness (QED) is 0.824. The summed E-state index contributed by atoms with van der Waals surface area (Å²) in [5.74, 6) is 0.940. The topological polar surface area (TPSA) is 44.8 Å². The molecule has 2 rings (SSSR count). The standard InChI is InChI=1S/C16H24ClN3O2/c1-19(9-6-16(21)20-10-7-18-8-11-20)12-13-22-15-5-3-2-4-14(15)17/h2-5,18H,6-13H2,1H3. The summed E-state index contributed by atoms with van der Waals surface area (Å²) >= 11 is 6.03. The molecule has 0 unspecified atom stereocenters. The molecule has 1 amide bonds. The third kappa shape index (κ3) is 5.48. The maximum atomic E-state index is 12.1. The first-order chi connectivity index (χ1) is 10.7. The fraction of sp³-hybridized carbons (Fsp3) is 0.562. The molecule has 0 radical (unpaired) electrons. The van der Waals surface area contributed by atoms with Crippen LogP contribution in [0.4, 0.5) is 0 Å². The molecule has 1 heterocycles. The second-order valence-electron chi connectivity index (χ2n) is 5.46. The van der Waals surface area contributed by atoms with Crippen molar-refractivity contribution in [3.8, 4) is 5.75 Å². The Labute approximate surface area is 137 Å². The highest BCUT2D eigenvalue weighted by atomic mass is 35.5. The smallest absolute Gasteiger partial charge is 0.223 e. The molecule has 1 fully saturated rings. The van der Waals surface area contributed by atoms with Crippen LogP contribution in [0.25, 0.3) is 0 Å². The number of nitrogens with one attached hydrogen (secondary N) is 1. The highest BCUT2D eigenvalue weighted by molar-refractivity contribution is 6.32. The number of hydrogen-bond donors (Lipinski definition) is 1. The molecule has 6 heteroatoms. The van der Waals surface area contributed by atoms with Gasteiger partial charge in [-0.05, 0) is 19.2 Å². The van der Waals surface area contributed by atoms with Crippen molar-refractivity contribution in [1.82, 2.24) is 15.1 Å². The zero-order valence-corrected chi connectivity index (χ0v) is 13.8. The Morgan fingerprint density at radius 1 is 1.32 bits per heavy atom. The van der Waals surface area contributed by atoms with Crippen LogP contribution >= 0.6 is 11.6 Å². The first kappa shape index (κ1) is 17.1. The monoisotopic (exact) mass is 325 g/mol. The fourth-order valence-corrected chi connectivity index (χ4v) is 2.53. The highest BCUT2D eigenvalue weighted by Gasteiger charge is 2.16. The van der Waals surface area contributed by atoms with E-state index in [1.165, 1.54) is 0 Å². The third-order valence-electron chi connectivity index (χ3n) is 3.74. The first-order valence-electron chi connectivity index (χ1n) is 7.71. The predicted octanol–water partition coefficient (Wildman–Crippen LogP) is 1.47. The van der Waals surface area contributed by atoms with Gasteiger partial charge in [0.05, 0.1) is 5.02 Å². The zero-order valence-electron chi connectivity index (χ0n) is 13.1. The summed E-state index contributed by atoms with van der Waals surface area (Å²) in [4.78, 5) is 16.1. The second kappa shape index (κ2) is 8.98. The Bertz CT molecular complexity index is 478. The van der Waals surface area contributed by atoms with E-state index in [0.29, 0.717) is 23.8 Å². The van der Waals surface area contributed by atoms with Gasteiger partial charge in [-0.1, -0.05) is 23.7 Å². The summed E-state index contributed by atoms with van der Waals surface area (Å²) in [7, 11) is 2.00. The number of amides is 1. The van der Waals surface area contributed by atoms with Crippen molar-refractivity contribution in [2.45, 2.75) is 6.42 Å². The van der Waals surface area contributed by atoms with Crippen LogP contribution in [0.1, 0.15) is 6.42 Å². The predicted molar refractivity (Wildman–Crippen MR) is 88.5 cm³/mol. The minimum Gasteiger partial charge on any atom is -0.491 e. The molecule has 1 aliphatic rings. The molecule has 22 heavy (non-hydrogen) atoms. The van der Waals surface area contributed by atoms with Crippen LogP contribution in [0, 0.1) is 0 Å². The van der Waals surface area contributed by atoms with Gasteiger partial charge in [0, 0.05) is 45.7 Å². The van der Waals surface area contributed by atoms with Gasteiger partial charge in [0.1, 0.15) is 12.4 Å². The number of carbonyl (C=O) groups is 1. The van der Waals surface area contributed by atoms with Crippen LogP contribution in [0.15, 0.2) is 24.3 Å². The Kier molecular flexibility index (Phi) is 6.96. The minimum atomic E-state index is 0.236. The van der Waals surface area contributed by atoms with Crippen LogP contribution in [0.5, 0.6) is 5.75 Å². The van der Waals surface area contributed by atoms with E-state index < -0.39 is 0 Å². The molecule has 5 nitrogen and oxygen atoms in total. The average Bonchev–Trinajstić information content (AvgIpc) is 2.55. The molecule has 0 atom stereocenters. The van der Waals surface area contributed by atoms with Crippen molar-refractivity contribution in [2.75, 3.05) is 52.9 Å². The van der Waals surface area contributed by atoms with E-state index in [-0.39, 0.29) is 5.91 Å². The lowest BCUT2D eigenvalue weighted by atomic mass is 10.3. The number of piperazine rings is 1. The number of ether oxygens (including phenoxy) is 1. The van der Waals surface area contributed by atoms with Crippen LogP contribution in [0.3, 0.4) is 0 Å². The lowest BCUT2D eigenvalue weighted by Crippen LogP contribution is -2.47. The maximum absolute atomic E-state index is 12.1. The number of rotatable bonds is 7. The summed E-state index contributed by atoms with van der Waals surface area (Å²) in [6.45, 7) is 5.49. The molecule has 122 valence electrons. The number of carbonyl (C=O) groups excluding carboxylic acids is 1. The Morgan fingerprint density at radius 2 is 2.05 bits per heavy atom. The third-order valence-corrected chi connectivity index (χ3v) is 4.06. The Hall–Kier alpha value is -1.30. The molecule has 1 aliphatic heterocycles. The van der Waals surface area contributed by atoms with Crippen molar-refractivity contribution >= 4 is 17.5 Å². The van der Waals surface area contributed by atoms with Crippen molar-refractivity contribution in [2.24, 2.45) is 0 Å². The normalized spacial score (nSPS) is 15.1. The lowest BCUT2D eigenvalue weighted by molar-refractivity contribution is -0.132. The van der Waals surface area contributed by atoms with Gasteiger partial charge in [0.2, 0.25) is 5.91 Å². The van der Waals surface area contributed by atoms with E-state index in [1.54, 1.807) is 0 Å². The first-order valence-corrected chi connectivity index (χ1v) is 8.09. The largest absolute Gasteiger partial charge is 0.491 e. The molecule has 0 aliphatic carbocycles. The highest BCUT2D eigenvalue weighted by Crippen LogP contribution is 2.22. The summed E-state index contributed by atoms with van der Waals surface area (Å²) < 4.78 is 5.65. The number of nitrogens with zero attached hydrogens (tertiary/aromatic N) is 2. The van der Waals surface area contributed by atoms with E-state index >= 15 is 0 Å². The molecular formula is C16H24ClN3O2. The molecule has 1 aromatic carbocycles. The second-order valence-corrected chi connectivity index (χ2v) is 5.87. The van der Waals surface area contributed by atoms with Crippen molar-refractivity contribution < 1.29 is 9.53 Å². The van der Waals surface area contributed by atoms with E-state index in [1.807, 2.05) is 36.2 Å². The van der Waals surface area contributed by atoms with Crippen LogP contribution in [-0.4, -0.2) is 68.6 Å². The molecular weight excluding hydrogens is 302 g/mol. The zero-order chi connectivity index (χ0) is 15.8. The maximum Gasteiger partial charge on any atom is 0.223 e. The molecule has 1 saturated heterocycles. The van der Waals surface area contributed by atoms with Gasteiger partial charge >= 0.3 is 0 Å². The molecule has 0 aromatic heterocycles. The summed E-state index contributed by atoms with van der Waals surface area (Å²) in [5.41, 5.74) is 0.